The first-order chi connectivity index (χ1) is 14.7. The summed E-state index contributed by atoms with van der Waals surface area (Å²) in [5.41, 5.74) is 2.78. The molecule has 1 heterocycles. The number of rotatable bonds is 7. The third-order valence-electron chi connectivity index (χ3n) is 4.30. The minimum atomic E-state index is -0.473. The zero-order valence-corrected chi connectivity index (χ0v) is 19.3. The first-order valence-corrected chi connectivity index (χ1v) is 11.0. The molecule has 1 aromatic heterocycles. The number of nitrogens with one attached hydrogen (secondary N) is 1. The maximum absolute atomic E-state index is 12.5. The monoisotopic (exact) mass is 458 g/mol. The largest absolute Gasteiger partial charge is 0.459 e. The van der Waals surface area contributed by atoms with Crippen LogP contribution in [0.3, 0.4) is 0 Å². The number of aryl methyl sites for hydroxylation is 1. The summed E-state index contributed by atoms with van der Waals surface area (Å²) in [6, 6.07) is 12.6. The molecule has 7 nitrogen and oxygen atoms in total. The van der Waals surface area contributed by atoms with E-state index in [4.69, 9.17) is 16.3 Å². The van der Waals surface area contributed by atoms with Gasteiger partial charge in [0.1, 0.15) is 0 Å². The van der Waals surface area contributed by atoms with E-state index in [0.717, 1.165) is 17.0 Å². The van der Waals surface area contributed by atoms with Crippen molar-refractivity contribution in [3.63, 3.8) is 0 Å². The van der Waals surface area contributed by atoms with Crippen molar-refractivity contribution >= 4 is 40.9 Å². The van der Waals surface area contributed by atoms with Gasteiger partial charge in [0, 0.05) is 12.6 Å². The van der Waals surface area contributed by atoms with Crippen molar-refractivity contribution in [2.45, 2.75) is 32.0 Å². The van der Waals surface area contributed by atoms with Crippen LogP contribution in [0, 0.1) is 6.92 Å². The number of hydrogen-bond donors (Lipinski definition) is 1. The van der Waals surface area contributed by atoms with E-state index in [-0.39, 0.29) is 17.8 Å². The third-order valence-corrected chi connectivity index (χ3v) is 5.65. The van der Waals surface area contributed by atoms with Crippen molar-refractivity contribution in [2.24, 2.45) is 7.05 Å². The van der Waals surface area contributed by atoms with Gasteiger partial charge >= 0.3 is 5.97 Å². The lowest BCUT2D eigenvalue weighted by molar-refractivity contribution is -0.113. The molecule has 0 fully saturated rings. The maximum atomic E-state index is 12.5. The van der Waals surface area contributed by atoms with Gasteiger partial charge in [-0.25, -0.2) is 4.79 Å². The highest BCUT2D eigenvalue weighted by atomic mass is 35.5. The normalized spacial score (nSPS) is 10.9. The molecule has 1 amide bonds. The van der Waals surface area contributed by atoms with Crippen molar-refractivity contribution in [2.75, 3.05) is 11.1 Å². The van der Waals surface area contributed by atoms with Gasteiger partial charge in [0.25, 0.3) is 0 Å². The highest BCUT2D eigenvalue weighted by molar-refractivity contribution is 7.99. The Kier molecular flexibility index (Phi) is 7.35. The number of halogens is 1. The number of hydrogen-bond acceptors (Lipinski definition) is 6. The lowest BCUT2D eigenvalue weighted by Crippen LogP contribution is -2.16. The van der Waals surface area contributed by atoms with Crippen LogP contribution in [0.5, 0.6) is 0 Å². The van der Waals surface area contributed by atoms with E-state index in [1.54, 1.807) is 26.0 Å². The summed E-state index contributed by atoms with van der Waals surface area (Å²) >= 11 is 7.44. The average molecular weight is 459 g/mol. The number of carbonyl (C=O) groups excluding carboxylic acids is 2. The SMILES string of the molecule is Cc1ccc(-c2nnc(SCC(=O)Nc3cc(C(=O)OC(C)C)ccc3Cl)n2C)cc1. The van der Waals surface area contributed by atoms with Crippen molar-refractivity contribution < 1.29 is 14.3 Å². The van der Waals surface area contributed by atoms with Crippen LogP contribution in [0.2, 0.25) is 5.02 Å². The highest BCUT2D eigenvalue weighted by Gasteiger charge is 2.16. The lowest BCUT2D eigenvalue weighted by Gasteiger charge is -2.11. The fourth-order valence-electron chi connectivity index (χ4n) is 2.74. The third kappa shape index (κ3) is 5.86. The van der Waals surface area contributed by atoms with E-state index in [1.165, 1.54) is 17.8 Å². The zero-order valence-electron chi connectivity index (χ0n) is 17.7. The van der Waals surface area contributed by atoms with Crippen molar-refractivity contribution in [1.82, 2.24) is 14.8 Å². The molecule has 162 valence electrons. The molecule has 0 aliphatic rings. The van der Waals surface area contributed by atoms with Gasteiger partial charge < -0.3 is 14.6 Å². The van der Waals surface area contributed by atoms with E-state index < -0.39 is 5.97 Å². The quantitative estimate of drug-likeness (QED) is 0.406. The molecule has 3 rings (SSSR count). The molecule has 3 aromatic rings. The molecule has 0 radical (unpaired) electrons. The molecule has 2 aromatic carbocycles. The lowest BCUT2D eigenvalue weighted by atomic mass is 10.1. The number of carbonyl (C=O) groups is 2. The number of ether oxygens (including phenoxy) is 1. The average Bonchev–Trinajstić information content (AvgIpc) is 3.08. The standard InChI is InChI=1S/C22H23ClN4O3S/c1-13(2)30-21(29)16-9-10-17(23)18(11-16)24-19(28)12-31-22-26-25-20(27(22)4)15-7-5-14(3)6-8-15/h5-11,13H,12H2,1-4H3,(H,24,28). The van der Waals surface area contributed by atoms with Gasteiger partial charge in [0.05, 0.1) is 28.1 Å². The fraction of sp³-hybridized carbons (Fsp3) is 0.273. The summed E-state index contributed by atoms with van der Waals surface area (Å²) < 4.78 is 7.03. The van der Waals surface area contributed by atoms with Gasteiger partial charge in [-0.15, -0.1) is 10.2 Å². The van der Waals surface area contributed by atoms with Crippen molar-refractivity contribution in [3.05, 3.63) is 58.6 Å². The molecule has 0 aliphatic heterocycles. The molecule has 9 heteroatoms. The Labute approximate surface area is 190 Å². The number of esters is 1. The topological polar surface area (TPSA) is 86.1 Å². The molecule has 0 unspecified atom stereocenters. The van der Waals surface area contributed by atoms with Gasteiger partial charge in [0.15, 0.2) is 11.0 Å². The van der Waals surface area contributed by atoms with Crippen LogP contribution in [0.15, 0.2) is 47.6 Å². The minimum absolute atomic E-state index is 0.108. The number of aromatic nitrogens is 3. The number of benzene rings is 2. The first-order valence-electron chi connectivity index (χ1n) is 9.64. The summed E-state index contributed by atoms with van der Waals surface area (Å²) in [5, 5.41) is 12.1. The Hall–Kier alpha value is -2.84. The van der Waals surface area contributed by atoms with Gasteiger partial charge in [-0.1, -0.05) is 53.2 Å². The Bertz CT molecular complexity index is 1100. The molecular formula is C22H23ClN4O3S. The molecule has 0 bridgehead atoms. The summed E-state index contributed by atoms with van der Waals surface area (Å²) in [6.07, 6.45) is -0.242. The smallest absolute Gasteiger partial charge is 0.338 e. The molecule has 0 saturated heterocycles. The molecule has 0 spiro atoms. The summed E-state index contributed by atoms with van der Waals surface area (Å²) in [7, 11) is 1.86. The van der Waals surface area contributed by atoms with Crippen LogP contribution in [0.4, 0.5) is 5.69 Å². The van der Waals surface area contributed by atoms with E-state index in [0.29, 0.717) is 21.4 Å². The van der Waals surface area contributed by atoms with E-state index >= 15 is 0 Å². The van der Waals surface area contributed by atoms with Crippen molar-refractivity contribution in [3.8, 4) is 11.4 Å². The van der Waals surface area contributed by atoms with Crippen LogP contribution in [0.25, 0.3) is 11.4 Å². The van der Waals surface area contributed by atoms with Gasteiger partial charge in [-0.05, 0) is 39.0 Å². The molecule has 1 N–H and O–H groups in total. The van der Waals surface area contributed by atoms with Gasteiger partial charge in [-0.2, -0.15) is 0 Å². The van der Waals surface area contributed by atoms with Crippen LogP contribution in [-0.2, 0) is 16.6 Å². The maximum Gasteiger partial charge on any atom is 0.338 e. The molecule has 0 aliphatic carbocycles. The molecule has 0 saturated carbocycles. The van der Waals surface area contributed by atoms with Crippen LogP contribution < -0.4 is 5.32 Å². The summed E-state index contributed by atoms with van der Waals surface area (Å²) in [4.78, 5) is 24.5. The number of anilines is 1. The second-order valence-electron chi connectivity index (χ2n) is 7.22. The Morgan fingerprint density at radius 3 is 2.55 bits per heavy atom. The zero-order chi connectivity index (χ0) is 22.5. The molecule has 0 atom stereocenters. The van der Waals surface area contributed by atoms with E-state index in [9.17, 15) is 9.59 Å². The second-order valence-corrected chi connectivity index (χ2v) is 8.57. The molecular weight excluding hydrogens is 436 g/mol. The first kappa shape index (κ1) is 22.8. The van der Waals surface area contributed by atoms with E-state index in [1.807, 2.05) is 42.8 Å². The highest BCUT2D eigenvalue weighted by Crippen LogP contribution is 2.26. The van der Waals surface area contributed by atoms with Crippen molar-refractivity contribution in [1.29, 1.82) is 0 Å². The molecule has 31 heavy (non-hydrogen) atoms. The Balaban J connectivity index is 1.64. The summed E-state index contributed by atoms with van der Waals surface area (Å²) in [6.45, 7) is 5.56. The fourth-order valence-corrected chi connectivity index (χ4v) is 3.62. The Morgan fingerprint density at radius 2 is 1.87 bits per heavy atom. The number of thioether (sulfide) groups is 1. The predicted octanol–water partition coefficient (Wildman–Crippen LogP) is 4.74. The van der Waals surface area contributed by atoms with Crippen LogP contribution in [0.1, 0.15) is 29.8 Å². The minimum Gasteiger partial charge on any atom is -0.459 e. The number of amides is 1. The number of nitrogens with zero attached hydrogens (tertiary/aromatic N) is 3. The van der Waals surface area contributed by atoms with Gasteiger partial charge in [0.2, 0.25) is 5.91 Å². The van der Waals surface area contributed by atoms with Crippen LogP contribution in [-0.4, -0.2) is 38.5 Å². The predicted molar refractivity (Wildman–Crippen MR) is 123 cm³/mol. The Morgan fingerprint density at radius 1 is 1.16 bits per heavy atom. The second kappa shape index (κ2) is 9.98. The van der Waals surface area contributed by atoms with Crippen LogP contribution >= 0.6 is 23.4 Å². The van der Waals surface area contributed by atoms with Gasteiger partial charge in [-0.3, -0.25) is 4.79 Å². The summed E-state index contributed by atoms with van der Waals surface area (Å²) in [5.74, 6) is 0.0828. The van der Waals surface area contributed by atoms with E-state index in [2.05, 4.69) is 15.5 Å².